The number of tetrazole rings is 1. The highest BCUT2D eigenvalue weighted by Crippen LogP contribution is 2.38. The van der Waals surface area contributed by atoms with E-state index in [-0.39, 0.29) is 33.0 Å². The number of nitrogens with one attached hydrogen (secondary N) is 2. The van der Waals surface area contributed by atoms with Gasteiger partial charge in [0.05, 0.1) is 10.5 Å². The summed E-state index contributed by atoms with van der Waals surface area (Å²) in [5.74, 6) is -0.511. The second-order valence-corrected chi connectivity index (χ2v) is 9.05. The van der Waals surface area contributed by atoms with Gasteiger partial charge in [-0.05, 0) is 37.2 Å². The van der Waals surface area contributed by atoms with Gasteiger partial charge in [0, 0.05) is 24.7 Å². The van der Waals surface area contributed by atoms with Crippen LogP contribution >= 0.6 is 0 Å². The fraction of sp³-hybridized carbons (Fsp3) is 0.429. The minimum atomic E-state index is -3.94. The molecule has 12 nitrogen and oxygen atoms in total. The molecule has 0 radical (unpaired) electrons. The van der Waals surface area contributed by atoms with E-state index in [0.29, 0.717) is 31.6 Å². The number of sulfonamides is 1. The Morgan fingerprint density at radius 1 is 1.36 bits per heavy atom. The molecule has 1 aliphatic heterocycles. The molecule has 1 unspecified atom stereocenters. The van der Waals surface area contributed by atoms with Crippen LogP contribution in [-0.2, 0) is 25.8 Å². The van der Waals surface area contributed by atoms with Gasteiger partial charge in [0.2, 0.25) is 21.8 Å². The summed E-state index contributed by atoms with van der Waals surface area (Å²) in [6.07, 6.45) is 1.08. The molecule has 152 valence electrons. The first-order chi connectivity index (χ1) is 13.3. The first-order valence-corrected chi connectivity index (χ1v) is 11.0. The molecule has 1 saturated heterocycles. The molecular weight excluding hydrogens is 408 g/mol. The van der Waals surface area contributed by atoms with E-state index in [1.54, 1.807) is 6.07 Å². The van der Waals surface area contributed by atoms with Gasteiger partial charge in [-0.1, -0.05) is 0 Å². The summed E-state index contributed by atoms with van der Waals surface area (Å²) < 4.78 is 39.4. The molecule has 6 N–H and O–H groups in total. The third kappa shape index (κ3) is 3.76. The molecule has 3 rings (SSSR count). The van der Waals surface area contributed by atoms with Crippen LogP contribution in [0.4, 0.5) is 5.69 Å². The summed E-state index contributed by atoms with van der Waals surface area (Å²) in [7, 11) is -4.85. The number of anilines is 1. The average molecular weight is 429 g/mol. The van der Waals surface area contributed by atoms with E-state index < -0.39 is 21.0 Å². The number of nitrogens with two attached hydrogens (primary N) is 2. The lowest BCUT2D eigenvalue weighted by Gasteiger charge is -2.34. The Labute approximate surface area is 163 Å². The van der Waals surface area contributed by atoms with Gasteiger partial charge in [0.1, 0.15) is 15.9 Å². The van der Waals surface area contributed by atoms with Crippen LogP contribution in [0.3, 0.4) is 0 Å². The summed E-state index contributed by atoms with van der Waals surface area (Å²) >= 11 is 0. The highest BCUT2D eigenvalue weighted by Gasteiger charge is 2.31. The largest absolute Gasteiger partial charge is 0.371 e. The Morgan fingerprint density at radius 3 is 2.54 bits per heavy atom. The maximum atomic E-state index is 12.4. The molecule has 1 atom stereocenters. The van der Waals surface area contributed by atoms with E-state index in [1.165, 1.54) is 13.1 Å². The molecule has 1 fully saturated rings. The van der Waals surface area contributed by atoms with E-state index in [9.17, 15) is 17.4 Å². The van der Waals surface area contributed by atoms with Crippen LogP contribution in [0.5, 0.6) is 0 Å². The number of aromatic nitrogens is 4. The zero-order valence-electron chi connectivity index (χ0n) is 15.0. The zero-order chi connectivity index (χ0) is 20.5. The maximum absolute atomic E-state index is 12.4. The van der Waals surface area contributed by atoms with Gasteiger partial charge in [-0.25, -0.2) is 22.5 Å². The zero-order valence-corrected chi connectivity index (χ0v) is 16.6. The van der Waals surface area contributed by atoms with Crippen molar-refractivity contribution in [1.29, 1.82) is 0 Å². The van der Waals surface area contributed by atoms with Crippen molar-refractivity contribution in [2.75, 3.05) is 25.0 Å². The minimum Gasteiger partial charge on any atom is -0.371 e. The highest BCUT2D eigenvalue weighted by atomic mass is 32.2. The number of benzene rings is 1. The van der Waals surface area contributed by atoms with Crippen molar-refractivity contribution in [3.05, 3.63) is 12.1 Å². The molecule has 28 heavy (non-hydrogen) atoms. The van der Waals surface area contributed by atoms with Crippen LogP contribution in [0, 0.1) is 5.92 Å². The number of hydrogen-bond donors (Lipinski definition) is 4. The molecule has 0 saturated carbocycles. The fourth-order valence-electron chi connectivity index (χ4n) is 3.23. The number of aromatic amines is 1. The van der Waals surface area contributed by atoms with Crippen molar-refractivity contribution in [2.24, 2.45) is 16.8 Å². The molecule has 1 amide bonds. The van der Waals surface area contributed by atoms with E-state index in [2.05, 4.69) is 25.3 Å². The van der Waals surface area contributed by atoms with Crippen molar-refractivity contribution in [2.45, 2.75) is 22.6 Å². The first-order valence-electron chi connectivity index (χ1n) is 8.31. The van der Waals surface area contributed by atoms with Crippen molar-refractivity contribution in [3.63, 3.8) is 0 Å². The summed E-state index contributed by atoms with van der Waals surface area (Å²) in [5.41, 5.74) is 6.15. The summed E-state index contributed by atoms with van der Waals surface area (Å²) in [5, 5.41) is 19.3. The second-order valence-electron chi connectivity index (χ2n) is 6.19. The fourth-order valence-corrected chi connectivity index (χ4v) is 5.28. The molecular formula is C14H20N8O4S2. The molecule has 14 heteroatoms. The van der Waals surface area contributed by atoms with E-state index in [1.807, 2.05) is 4.90 Å². The topological polar surface area (TPSA) is 190 Å². The van der Waals surface area contributed by atoms with Gasteiger partial charge in [-0.2, -0.15) is 5.21 Å². The Hall–Kier alpha value is -2.42. The maximum Gasteiger partial charge on any atom is 0.241 e. The van der Waals surface area contributed by atoms with Crippen molar-refractivity contribution >= 4 is 32.6 Å². The molecule has 1 aliphatic rings. The number of primary amides is 1. The summed E-state index contributed by atoms with van der Waals surface area (Å²) in [6, 6.07) is 2.92. The minimum absolute atomic E-state index is 0.0639. The van der Waals surface area contributed by atoms with Crippen LogP contribution in [-0.4, -0.2) is 59.3 Å². The van der Waals surface area contributed by atoms with Gasteiger partial charge in [-0.15, -0.1) is 10.2 Å². The number of hydrogen-bond acceptors (Lipinski definition) is 8. The normalized spacial score (nSPS) is 16.9. The average Bonchev–Trinajstić information content (AvgIpc) is 3.21. The lowest BCUT2D eigenvalue weighted by Crippen LogP contribution is -2.39. The van der Waals surface area contributed by atoms with Crippen LogP contribution in [0.15, 0.2) is 21.9 Å². The Bertz CT molecular complexity index is 1000. The quantitative estimate of drug-likeness (QED) is 0.425. The third-order valence-corrected chi connectivity index (χ3v) is 7.08. The molecule has 1 aromatic carbocycles. The van der Waals surface area contributed by atoms with Crippen LogP contribution in [0.1, 0.15) is 12.8 Å². The predicted octanol–water partition coefficient (Wildman–Crippen LogP) is -1.54. The van der Waals surface area contributed by atoms with Gasteiger partial charge in [0.25, 0.3) is 0 Å². The van der Waals surface area contributed by atoms with Crippen LogP contribution in [0.2, 0.25) is 0 Å². The summed E-state index contributed by atoms with van der Waals surface area (Å²) in [6.45, 7) is 0.987. The number of carbonyl (C=O) groups is 1. The smallest absolute Gasteiger partial charge is 0.241 e. The van der Waals surface area contributed by atoms with Crippen molar-refractivity contribution < 1.29 is 17.4 Å². The number of amides is 1. The predicted molar refractivity (Wildman–Crippen MR) is 101 cm³/mol. The monoisotopic (exact) mass is 428 g/mol. The molecule has 2 aromatic rings. The van der Waals surface area contributed by atoms with Crippen LogP contribution in [0.25, 0.3) is 11.4 Å². The SMILES string of the molecule is CNS(=O)(=O)c1ccc(N2CCC(C(N)=O)CC2)c(-c2nn[nH]n2)c1S(N)=O. The van der Waals surface area contributed by atoms with Gasteiger partial charge in [-0.3, -0.25) is 4.79 Å². The van der Waals surface area contributed by atoms with E-state index >= 15 is 0 Å². The number of rotatable bonds is 6. The summed E-state index contributed by atoms with van der Waals surface area (Å²) in [4.78, 5) is 13.0. The standard InChI is InChI=1S/C14H20N8O4S2/c1-17-28(25,26)10-3-2-9(22-6-4-8(5-7-22)13(15)23)11(12(10)27(16)24)14-18-20-21-19-14/h2-3,8,17H,4-7,16H2,1H3,(H2,15,23)(H,18,19,20,21). The van der Waals surface area contributed by atoms with Crippen molar-refractivity contribution in [3.8, 4) is 11.4 Å². The van der Waals surface area contributed by atoms with Crippen LogP contribution < -0.4 is 20.5 Å². The molecule has 2 heterocycles. The lowest BCUT2D eigenvalue weighted by molar-refractivity contribution is -0.122. The molecule has 0 aliphatic carbocycles. The lowest BCUT2D eigenvalue weighted by atomic mass is 9.95. The third-order valence-electron chi connectivity index (χ3n) is 4.67. The number of carbonyl (C=O) groups excluding carboxylic acids is 1. The van der Waals surface area contributed by atoms with Crippen molar-refractivity contribution in [1.82, 2.24) is 25.3 Å². The van der Waals surface area contributed by atoms with E-state index in [4.69, 9.17) is 10.9 Å². The Balaban J connectivity index is 2.18. The molecule has 0 spiro atoms. The number of piperidine rings is 1. The Kier molecular flexibility index (Phi) is 5.74. The van der Waals surface area contributed by atoms with Gasteiger partial charge < -0.3 is 10.6 Å². The van der Waals surface area contributed by atoms with E-state index in [0.717, 1.165) is 0 Å². The Morgan fingerprint density at radius 2 is 2.04 bits per heavy atom. The molecule has 0 bridgehead atoms. The molecule has 1 aromatic heterocycles. The first kappa shape index (κ1) is 20.3. The van der Waals surface area contributed by atoms with Gasteiger partial charge >= 0.3 is 0 Å². The van der Waals surface area contributed by atoms with Gasteiger partial charge in [0.15, 0.2) is 0 Å². The number of nitrogens with zero attached hydrogens (tertiary/aromatic N) is 4. The second kappa shape index (κ2) is 7.90. The number of H-pyrrole nitrogens is 1. The highest BCUT2D eigenvalue weighted by molar-refractivity contribution is 7.90.